The maximum atomic E-state index is 13.1. The van der Waals surface area contributed by atoms with Crippen molar-refractivity contribution in [3.05, 3.63) is 46.5 Å². The van der Waals surface area contributed by atoms with E-state index in [9.17, 15) is 13.2 Å². The number of benzene rings is 1. The molecule has 0 radical (unpaired) electrons. The van der Waals surface area contributed by atoms with Crippen LogP contribution in [0.1, 0.15) is 41.2 Å². The van der Waals surface area contributed by atoms with Gasteiger partial charge in [-0.05, 0) is 79.7 Å². The van der Waals surface area contributed by atoms with Crippen LogP contribution in [0.25, 0.3) is 21.3 Å². The Morgan fingerprint density at radius 3 is 2.67 bits per heavy atom. The van der Waals surface area contributed by atoms with Crippen molar-refractivity contribution in [2.75, 3.05) is 58.7 Å². The Labute approximate surface area is 234 Å². The third-order valence-electron chi connectivity index (χ3n) is 7.83. The Bertz CT molecular complexity index is 1390. The van der Waals surface area contributed by atoms with E-state index in [2.05, 4.69) is 39.5 Å². The molecule has 2 saturated heterocycles. The van der Waals surface area contributed by atoms with Crippen LogP contribution < -0.4 is 11.1 Å². The number of fused-ring (bicyclic) bond motifs is 1. The molecule has 4 heterocycles. The van der Waals surface area contributed by atoms with Crippen molar-refractivity contribution in [1.82, 2.24) is 19.5 Å². The van der Waals surface area contributed by atoms with E-state index in [0.29, 0.717) is 19.5 Å². The van der Waals surface area contributed by atoms with Gasteiger partial charge in [0.05, 0.1) is 25.4 Å². The van der Waals surface area contributed by atoms with Crippen LogP contribution in [-0.2, 0) is 32.5 Å². The van der Waals surface area contributed by atoms with Crippen LogP contribution in [0.3, 0.4) is 0 Å². The Hall–Kier alpha value is -2.28. The zero-order chi connectivity index (χ0) is 27.4. The first-order chi connectivity index (χ1) is 18.8. The molecule has 0 spiro atoms. The van der Waals surface area contributed by atoms with Crippen molar-refractivity contribution in [2.45, 2.75) is 38.1 Å². The van der Waals surface area contributed by atoms with Crippen molar-refractivity contribution in [3.8, 4) is 10.4 Å². The highest BCUT2D eigenvalue weighted by atomic mass is 32.2. The number of thiophene rings is 1. The molecule has 0 unspecified atom stereocenters. The second-order valence-electron chi connectivity index (χ2n) is 10.5. The first-order valence-electron chi connectivity index (χ1n) is 13.8. The normalized spacial score (nSPS) is 18.2. The molecule has 39 heavy (non-hydrogen) atoms. The van der Waals surface area contributed by atoms with Crippen LogP contribution in [0.4, 0.5) is 0 Å². The standard InChI is InChI=1S/C28H39N5O4S2/c1-30-18-23-3-4-26(38-23)21-15-22(17-27(29)34)28-24(16-21)25(19-31-28)20-5-8-33(9-6-20)39(35,36)14-2-7-32-10-12-37-13-11-32/h3-4,15-16,19-20,30-31H,2,5-14,17-18H2,1H3,(H2,29,34). The number of aromatic nitrogens is 1. The van der Waals surface area contributed by atoms with Crippen molar-refractivity contribution >= 4 is 38.2 Å². The Balaban J connectivity index is 1.30. The summed E-state index contributed by atoms with van der Waals surface area (Å²) in [6.45, 7) is 5.88. The summed E-state index contributed by atoms with van der Waals surface area (Å²) in [4.78, 5) is 20.0. The lowest BCUT2D eigenvalue weighted by atomic mass is 9.89. The molecule has 2 aromatic heterocycles. The van der Waals surface area contributed by atoms with Gasteiger partial charge in [0.2, 0.25) is 15.9 Å². The summed E-state index contributed by atoms with van der Waals surface area (Å²) in [5.41, 5.74) is 9.70. The van der Waals surface area contributed by atoms with Crippen LogP contribution >= 0.6 is 11.3 Å². The quantitative estimate of drug-likeness (QED) is 0.325. The van der Waals surface area contributed by atoms with Crippen molar-refractivity contribution in [1.29, 1.82) is 0 Å². The molecule has 0 atom stereocenters. The van der Waals surface area contributed by atoms with E-state index in [1.165, 1.54) is 10.4 Å². The minimum atomic E-state index is -3.27. The van der Waals surface area contributed by atoms with Gasteiger partial charge < -0.3 is 20.8 Å². The van der Waals surface area contributed by atoms with E-state index in [4.69, 9.17) is 10.5 Å². The van der Waals surface area contributed by atoms with Gasteiger partial charge in [0.1, 0.15) is 0 Å². The molecule has 0 aliphatic carbocycles. The Morgan fingerprint density at radius 2 is 1.95 bits per heavy atom. The molecular weight excluding hydrogens is 534 g/mol. The zero-order valence-corrected chi connectivity index (χ0v) is 24.2. The number of aromatic amines is 1. The second kappa shape index (κ2) is 12.5. The number of hydrogen-bond acceptors (Lipinski definition) is 7. The number of nitrogens with one attached hydrogen (secondary N) is 2. The number of amides is 1. The van der Waals surface area contributed by atoms with E-state index < -0.39 is 10.0 Å². The summed E-state index contributed by atoms with van der Waals surface area (Å²) < 4.78 is 33.2. The van der Waals surface area contributed by atoms with E-state index in [1.807, 2.05) is 13.2 Å². The summed E-state index contributed by atoms with van der Waals surface area (Å²) in [6, 6.07) is 8.52. The summed E-state index contributed by atoms with van der Waals surface area (Å²) in [6.07, 6.45) is 4.40. The van der Waals surface area contributed by atoms with Crippen LogP contribution in [0, 0.1) is 0 Å². The van der Waals surface area contributed by atoms with Gasteiger partial charge in [-0.1, -0.05) is 0 Å². The van der Waals surface area contributed by atoms with E-state index >= 15 is 0 Å². The first kappa shape index (κ1) is 28.3. The number of piperidine rings is 1. The monoisotopic (exact) mass is 573 g/mol. The minimum absolute atomic E-state index is 0.167. The number of nitrogens with zero attached hydrogens (tertiary/aromatic N) is 2. The van der Waals surface area contributed by atoms with E-state index in [0.717, 1.165) is 79.1 Å². The average Bonchev–Trinajstić information content (AvgIpc) is 3.57. The predicted octanol–water partition coefficient (Wildman–Crippen LogP) is 2.88. The lowest BCUT2D eigenvalue weighted by Crippen LogP contribution is -2.41. The third-order valence-corrected chi connectivity index (χ3v) is 10.9. The predicted molar refractivity (Wildman–Crippen MR) is 156 cm³/mol. The largest absolute Gasteiger partial charge is 0.379 e. The summed E-state index contributed by atoms with van der Waals surface area (Å²) in [5.74, 6) is 0.0791. The summed E-state index contributed by atoms with van der Waals surface area (Å²) in [7, 11) is -1.34. The van der Waals surface area contributed by atoms with Gasteiger partial charge in [-0.2, -0.15) is 0 Å². The van der Waals surface area contributed by atoms with Gasteiger partial charge in [-0.25, -0.2) is 12.7 Å². The van der Waals surface area contributed by atoms with Crippen LogP contribution in [0.5, 0.6) is 0 Å². The molecule has 1 aromatic carbocycles. The molecule has 9 nitrogen and oxygen atoms in total. The number of sulfonamides is 1. The first-order valence-corrected chi connectivity index (χ1v) is 16.2. The van der Waals surface area contributed by atoms with Crippen LogP contribution in [0.2, 0.25) is 0 Å². The number of ether oxygens (including phenoxy) is 1. The van der Waals surface area contributed by atoms with Crippen molar-refractivity contribution in [3.63, 3.8) is 0 Å². The Morgan fingerprint density at radius 1 is 1.18 bits per heavy atom. The van der Waals surface area contributed by atoms with Gasteiger partial charge in [-0.3, -0.25) is 9.69 Å². The lowest BCUT2D eigenvalue weighted by Gasteiger charge is -2.32. The molecule has 4 N–H and O–H groups in total. The molecule has 3 aromatic rings. The fourth-order valence-electron chi connectivity index (χ4n) is 5.81. The molecule has 11 heteroatoms. The molecular formula is C28H39N5O4S2. The highest BCUT2D eigenvalue weighted by Crippen LogP contribution is 2.38. The SMILES string of the molecule is CNCc1ccc(-c2cc(CC(N)=O)c3[nH]cc(C4CCN(S(=O)(=O)CCCN5CCOCC5)CC4)c3c2)s1. The number of nitrogens with two attached hydrogens (primary N) is 1. The highest BCUT2D eigenvalue weighted by Gasteiger charge is 2.30. The van der Waals surface area contributed by atoms with Gasteiger partial charge in [0, 0.05) is 59.6 Å². The number of H-pyrrole nitrogens is 1. The molecule has 0 bridgehead atoms. The number of carbonyl (C=O) groups excluding carboxylic acids is 1. The number of morpholine rings is 1. The second-order valence-corrected chi connectivity index (χ2v) is 13.8. The smallest absolute Gasteiger partial charge is 0.221 e. The van der Waals surface area contributed by atoms with E-state index in [-0.39, 0.29) is 24.0 Å². The molecule has 1 amide bonds. The van der Waals surface area contributed by atoms with Crippen LogP contribution in [0.15, 0.2) is 30.5 Å². The number of hydrogen-bond donors (Lipinski definition) is 3. The third kappa shape index (κ3) is 6.72. The molecule has 2 aliphatic rings. The molecule has 2 aliphatic heterocycles. The van der Waals surface area contributed by atoms with Gasteiger partial charge in [0.15, 0.2) is 0 Å². The average molecular weight is 574 g/mol. The number of rotatable bonds is 11. The van der Waals surface area contributed by atoms with E-state index in [1.54, 1.807) is 15.6 Å². The highest BCUT2D eigenvalue weighted by molar-refractivity contribution is 7.89. The fraction of sp³-hybridized carbons (Fsp3) is 0.536. The van der Waals surface area contributed by atoms with Crippen molar-refractivity contribution < 1.29 is 17.9 Å². The summed E-state index contributed by atoms with van der Waals surface area (Å²) in [5, 5.41) is 4.29. The molecule has 2 fully saturated rings. The van der Waals surface area contributed by atoms with Gasteiger partial charge >= 0.3 is 0 Å². The van der Waals surface area contributed by atoms with Gasteiger partial charge in [-0.15, -0.1) is 11.3 Å². The molecule has 5 rings (SSSR count). The summed E-state index contributed by atoms with van der Waals surface area (Å²) >= 11 is 1.74. The zero-order valence-electron chi connectivity index (χ0n) is 22.6. The number of carbonyl (C=O) groups is 1. The fourth-order valence-corrected chi connectivity index (χ4v) is 8.33. The lowest BCUT2D eigenvalue weighted by molar-refractivity contribution is -0.117. The van der Waals surface area contributed by atoms with Crippen LogP contribution in [-0.4, -0.2) is 87.3 Å². The number of primary amides is 1. The Kier molecular flexibility index (Phi) is 9.05. The molecule has 212 valence electrons. The maximum Gasteiger partial charge on any atom is 0.221 e. The molecule has 0 saturated carbocycles. The van der Waals surface area contributed by atoms with Crippen molar-refractivity contribution in [2.24, 2.45) is 5.73 Å². The van der Waals surface area contributed by atoms with Gasteiger partial charge in [0.25, 0.3) is 0 Å². The minimum Gasteiger partial charge on any atom is -0.379 e. The topological polar surface area (TPSA) is 121 Å². The maximum absolute atomic E-state index is 13.1.